The molecule has 0 fully saturated rings. The zero-order chi connectivity index (χ0) is 23.6. The zero-order valence-electron chi connectivity index (χ0n) is 17.4. The second-order valence-electron chi connectivity index (χ2n) is 6.70. The van der Waals surface area contributed by atoms with Crippen LogP contribution in [0.25, 0.3) is 0 Å². The van der Waals surface area contributed by atoms with Crippen molar-refractivity contribution in [2.24, 2.45) is 10.7 Å². The fourth-order valence-corrected chi connectivity index (χ4v) is 3.34. The number of aliphatic imine (C=N–C) groups is 1. The number of nitrogens with one attached hydrogen (secondary N) is 3. The number of hydrogen-bond donors (Lipinski definition) is 4. The second kappa shape index (κ2) is 11.8. The van der Waals surface area contributed by atoms with E-state index in [4.69, 9.17) is 28.9 Å². The van der Waals surface area contributed by atoms with Gasteiger partial charge in [0.1, 0.15) is 11.6 Å². The Labute approximate surface area is 200 Å². The number of rotatable bonds is 9. The summed E-state index contributed by atoms with van der Waals surface area (Å²) in [5.74, 6) is 0.259. The minimum Gasteiger partial charge on any atom is -0.390 e. The van der Waals surface area contributed by atoms with Gasteiger partial charge >= 0.3 is 0 Å². The van der Waals surface area contributed by atoms with E-state index in [-0.39, 0.29) is 21.5 Å². The molecule has 0 aliphatic carbocycles. The summed E-state index contributed by atoms with van der Waals surface area (Å²) in [7, 11) is 0. The van der Waals surface area contributed by atoms with E-state index in [1.807, 2.05) is 0 Å². The summed E-state index contributed by atoms with van der Waals surface area (Å²) in [5.41, 5.74) is 6.27. The molecule has 0 aliphatic rings. The van der Waals surface area contributed by atoms with E-state index in [0.717, 1.165) is 0 Å². The van der Waals surface area contributed by atoms with E-state index in [1.165, 1.54) is 18.7 Å². The quantitative estimate of drug-likeness (QED) is 0.206. The van der Waals surface area contributed by atoms with Gasteiger partial charge in [-0.05, 0) is 36.8 Å². The standard InChI is InChI=1S/C22H21Cl2N7O2/c23-16-3-1-4-17(24)20(16)22(33)30-15-7-10-27-19(11-15)31-18-6-5-14(12-29-18)21(32)28-9-2-8-26-13-25/h1,3-7,10-13H,2,8-9H2,(H2,25,26)(H,28,32)(H2,27,29,30,31,33). The molecule has 3 aromatic rings. The van der Waals surface area contributed by atoms with Crippen molar-refractivity contribution in [3.63, 3.8) is 0 Å². The van der Waals surface area contributed by atoms with Crippen LogP contribution in [-0.4, -0.2) is 41.2 Å². The number of anilines is 3. The summed E-state index contributed by atoms with van der Waals surface area (Å²) in [6, 6.07) is 11.4. The predicted molar refractivity (Wildman–Crippen MR) is 131 cm³/mol. The van der Waals surface area contributed by atoms with Crippen molar-refractivity contribution < 1.29 is 9.59 Å². The third kappa shape index (κ3) is 6.90. The number of nitrogens with two attached hydrogens (primary N) is 1. The number of amides is 2. The molecule has 5 N–H and O–H groups in total. The lowest BCUT2D eigenvalue weighted by molar-refractivity contribution is 0.0952. The molecule has 3 rings (SSSR count). The Morgan fingerprint density at radius 2 is 1.82 bits per heavy atom. The molecule has 0 aliphatic heterocycles. The minimum absolute atomic E-state index is 0.190. The molecule has 1 aromatic carbocycles. The van der Waals surface area contributed by atoms with Crippen LogP contribution in [0.3, 0.4) is 0 Å². The van der Waals surface area contributed by atoms with Gasteiger partial charge in [0.25, 0.3) is 11.8 Å². The molecule has 0 spiro atoms. The van der Waals surface area contributed by atoms with Crippen LogP contribution < -0.4 is 21.7 Å². The number of nitrogens with zero attached hydrogens (tertiary/aromatic N) is 3. The molecule has 33 heavy (non-hydrogen) atoms. The molecule has 0 bridgehead atoms. The van der Waals surface area contributed by atoms with Crippen molar-refractivity contribution in [1.82, 2.24) is 15.3 Å². The molecule has 2 amide bonds. The van der Waals surface area contributed by atoms with Gasteiger partial charge in [0.15, 0.2) is 0 Å². The summed E-state index contributed by atoms with van der Waals surface area (Å²) in [6.07, 6.45) is 4.92. The maximum absolute atomic E-state index is 12.6. The lowest BCUT2D eigenvalue weighted by atomic mass is 10.2. The van der Waals surface area contributed by atoms with Gasteiger partial charge in [0.2, 0.25) is 0 Å². The molecule has 9 nitrogen and oxygen atoms in total. The molecule has 0 atom stereocenters. The van der Waals surface area contributed by atoms with E-state index in [1.54, 1.807) is 42.5 Å². The molecule has 0 saturated carbocycles. The first-order valence-corrected chi connectivity index (χ1v) is 10.7. The number of benzene rings is 1. The third-order valence-electron chi connectivity index (χ3n) is 4.34. The Morgan fingerprint density at radius 1 is 1.03 bits per heavy atom. The van der Waals surface area contributed by atoms with Crippen LogP contribution in [0.15, 0.2) is 59.9 Å². The molecule has 0 unspecified atom stereocenters. The summed E-state index contributed by atoms with van der Waals surface area (Å²) in [5, 5.41) is 9.07. The van der Waals surface area contributed by atoms with Crippen LogP contribution in [0, 0.1) is 0 Å². The van der Waals surface area contributed by atoms with Crippen LogP contribution in [0.1, 0.15) is 27.1 Å². The topological polar surface area (TPSA) is 134 Å². The fourth-order valence-electron chi connectivity index (χ4n) is 2.77. The van der Waals surface area contributed by atoms with Crippen molar-refractivity contribution in [2.45, 2.75) is 6.42 Å². The maximum atomic E-state index is 12.6. The number of carbonyl (C=O) groups is 2. The molecular weight excluding hydrogens is 465 g/mol. The van der Waals surface area contributed by atoms with E-state index in [0.29, 0.717) is 42.4 Å². The van der Waals surface area contributed by atoms with Crippen LogP contribution in [0.2, 0.25) is 10.0 Å². The van der Waals surface area contributed by atoms with E-state index >= 15 is 0 Å². The molecule has 0 radical (unpaired) electrons. The summed E-state index contributed by atoms with van der Waals surface area (Å²) < 4.78 is 0. The monoisotopic (exact) mass is 485 g/mol. The fraction of sp³-hybridized carbons (Fsp3) is 0.136. The first-order valence-electron chi connectivity index (χ1n) is 9.90. The number of pyridine rings is 2. The van der Waals surface area contributed by atoms with Crippen molar-refractivity contribution in [2.75, 3.05) is 23.7 Å². The van der Waals surface area contributed by atoms with Gasteiger partial charge in [-0.1, -0.05) is 29.3 Å². The third-order valence-corrected chi connectivity index (χ3v) is 4.97. The molecule has 2 heterocycles. The largest absolute Gasteiger partial charge is 0.390 e. The van der Waals surface area contributed by atoms with Crippen LogP contribution in [0.4, 0.5) is 17.3 Å². The highest BCUT2D eigenvalue weighted by molar-refractivity contribution is 6.40. The van der Waals surface area contributed by atoms with Crippen molar-refractivity contribution in [3.05, 3.63) is 76.0 Å². The highest BCUT2D eigenvalue weighted by atomic mass is 35.5. The lowest BCUT2D eigenvalue weighted by Crippen LogP contribution is -2.25. The Balaban J connectivity index is 1.60. The van der Waals surface area contributed by atoms with E-state index < -0.39 is 5.91 Å². The van der Waals surface area contributed by atoms with Gasteiger partial charge in [0.05, 0.1) is 27.5 Å². The van der Waals surface area contributed by atoms with Crippen LogP contribution >= 0.6 is 23.2 Å². The van der Waals surface area contributed by atoms with Crippen molar-refractivity contribution >= 4 is 58.7 Å². The normalized spacial score (nSPS) is 10.7. The van der Waals surface area contributed by atoms with Crippen molar-refractivity contribution in [3.8, 4) is 0 Å². The predicted octanol–water partition coefficient (Wildman–Crippen LogP) is 3.89. The Bertz CT molecular complexity index is 1130. The molecule has 170 valence electrons. The molecule has 11 heteroatoms. The second-order valence-corrected chi connectivity index (χ2v) is 7.52. The van der Waals surface area contributed by atoms with Crippen LogP contribution in [0.5, 0.6) is 0 Å². The molecule has 0 saturated heterocycles. The first-order chi connectivity index (χ1) is 16.0. The summed E-state index contributed by atoms with van der Waals surface area (Å²) >= 11 is 12.2. The van der Waals surface area contributed by atoms with E-state index in [2.05, 4.69) is 30.9 Å². The van der Waals surface area contributed by atoms with Gasteiger partial charge in [0, 0.05) is 37.2 Å². The van der Waals surface area contributed by atoms with Gasteiger partial charge < -0.3 is 21.7 Å². The highest BCUT2D eigenvalue weighted by Gasteiger charge is 2.15. The van der Waals surface area contributed by atoms with Crippen molar-refractivity contribution in [1.29, 1.82) is 0 Å². The SMILES string of the molecule is NC=NCCCNC(=O)c1ccc(Nc2cc(NC(=O)c3c(Cl)cccc3Cl)ccn2)nc1. The maximum Gasteiger partial charge on any atom is 0.258 e. The lowest BCUT2D eigenvalue weighted by Gasteiger charge is -2.10. The smallest absolute Gasteiger partial charge is 0.258 e. The average Bonchev–Trinajstić information content (AvgIpc) is 2.79. The minimum atomic E-state index is -0.439. The van der Waals surface area contributed by atoms with E-state index in [9.17, 15) is 9.59 Å². The van der Waals surface area contributed by atoms with Crippen LogP contribution in [-0.2, 0) is 0 Å². The molecular formula is C22H21Cl2N7O2. The van der Waals surface area contributed by atoms with Gasteiger partial charge in [-0.25, -0.2) is 9.97 Å². The zero-order valence-corrected chi connectivity index (χ0v) is 18.9. The van der Waals surface area contributed by atoms with Gasteiger partial charge in [-0.15, -0.1) is 0 Å². The Hall–Kier alpha value is -3.69. The number of hydrogen-bond acceptors (Lipinski definition) is 6. The summed E-state index contributed by atoms with van der Waals surface area (Å²) in [4.78, 5) is 37.1. The Kier molecular flexibility index (Phi) is 8.56. The van der Waals surface area contributed by atoms with Gasteiger partial charge in [-0.2, -0.15) is 0 Å². The average molecular weight is 486 g/mol. The first kappa shape index (κ1) is 24.0. The van der Waals surface area contributed by atoms with Gasteiger partial charge in [-0.3, -0.25) is 14.6 Å². The summed E-state index contributed by atoms with van der Waals surface area (Å²) in [6.45, 7) is 1.04. The number of carbonyl (C=O) groups excluding carboxylic acids is 2. The Morgan fingerprint density at radius 3 is 2.52 bits per heavy atom. The molecule has 2 aromatic heterocycles. The highest BCUT2D eigenvalue weighted by Crippen LogP contribution is 2.25. The number of aromatic nitrogens is 2. The number of halogens is 2.